The van der Waals surface area contributed by atoms with E-state index in [-0.39, 0.29) is 11.8 Å². The van der Waals surface area contributed by atoms with Crippen molar-refractivity contribution in [3.8, 4) is 0 Å². The molecule has 5 rings (SSSR count). The Bertz CT molecular complexity index is 411. The Balaban J connectivity index is 1.82. The van der Waals surface area contributed by atoms with E-state index in [0.29, 0.717) is 11.8 Å². The predicted molar refractivity (Wildman–Crippen MR) is 69.0 cm³/mol. The zero-order valence-electron chi connectivity index (χ0n) is 12.4. The molecule has 1 N–H and O–H groups in total. The van der Waals surface area contributed by atoms with Crippen LogP contribution >= 0.6 is 0 Å². The van der Waals surface area contributed by atoms with Crippen molar-refractivity contribution in [1.82, 2.24) is 0 Å². The minimum atomic E-state index is -0.781. The van der Waals surface area contributed by atoms with Crippen molar-refractivity contribution in [3.05, 3.63) is 0 Å². The molecule has 1 spiro atoms. The lowest BCUT2D eigenvalue weighted by molar-refractivity contribution is -0.576. The highest BCUT2D eigenvalue weighted by Gasteiger charge is 2.69. The Kier molecular flexibility index (Phi) is 2.81. The lowest BCUT2D eigenvalue weighted by Crippen LogP contribution is -2.70. The first-order valence-electron chi connectivity index (χ1n) is 7.84. The maximum absolute atomic E-state index is 10.2. The molecule has 20 heavy (non-hydrogen) atoms. The lowest BCUT2D eigenvalue weighted by Gasteiger charge is -2.59. The highest BCUT2D eigenvalue weighted by molar-refractivity contribution is 5.08. The molecule has 0 amide bonds. The van der Waals surface area contributed by atoms with E-state index >= 15 is 0 Å². The SMILES string of the molecule is C[C@H]1[C@@H](O)O[C@H]2O[C@]3(C)CC[C@H]4[C@H](C)CC[C@@H]1[C@@]24OO3. The molecule has 2 bridgehead atoms. The highest BCUT2D eigenvalue weighted by atomic mass is 17.3. The molecule has 5 heteroatoms. The summed E-state index contributed by atoms with van der Waals surface area (Å²) in [7, 11) is 0. The molecule has 1 aliphatic carbocycles. The van der Waals surface area contributed by atoms with E-state index in [2.05, 4.69) is 6.92 Å². The third-order valence-corrected chi connectivity index (χ3v) is 6.12. The van der Waals surface area contributed by atoms with E-state index in [1.165, 1.54) is 6.42 Å². The third-order valence-electron chi connectivity index (χ3n) is 6.12. The average Bonchev–Trinajstić information content (AvgIpc) is 2.63. The van der Waals surface area contributed by atoms with E-state index in [9.17, 15) is 5.11 Å². The van der Waals surface area contributed by atoms with Crippen molar-refractivity contribution in [2.75, 3.05) is 0 Å². The fraction of sp³-hybridized carbons (Fsp3) is 1.00. The van der Waals surface area contributed by atoms with Crippen molar-refractivity contribution in [3.63, 3.8) is 0 Å². The van der Waals surface area contributed by atoms with Crippen LogP contribution in [0.5, 0.6) is 0 Å². The van der Waals surface area contributed by atoms with Gasteiger partial charge in [-0.05, 0) is 38.0 Å². The van der Waals surface area contributed by atoms with Crippen LogP contribution < -0.4 is 0 Å². The summed E-state index contributed by atoms with van der Waals surface area (Å²) in [5, 5.41) is 10.2. The van der Waals surface area contributed by atoms with Crippen LogP contribution in [-0.2, 0) is 19.2 Å². The van der Waals surface area contributed by atoms with Crippen molar-refractivity contribution in [1.29, 1.82) is 0 Å². The predicted octanol–water partition coefficient (Wildman–Crippen LogP) is 2.19. The summed E-state index contributed by atoms with van der Waals surface area (Å²) < 4.78 is 11.9. The van der Waals surface area contributed by atoms with Crippen molar-refractivity contribution < 1.29 is 24.4 Å². The summed E-state index contributed by atoms with van der Waals surface area (Å²) in [6, 6.07) is 0. The molecule has 114 valence electrons. The van der Waals surface area contributed by atoms with Gasteiger partial charge in [0, 0.05) is 18.3 Å². The molecular formula is C15H24O5. The maximum atomic E-state index is 10.2. The molecule has 0 aromatic carbocycles. The standard InChI is InChI=1S/C15H24O5/c1-8-4-5-11-9(2)12(16)17-13-15(11)10(8)6-7-14(3,18-13)19-20-15/h8-13,16H,4-7H2,1-3H3/t8-,9-,10+,11+,12+,13+,14+,15-/m1/s1. The van der Waals surface area contributed by atoms with Gasteiger partial charge in [-0.3, -0.25) is 0 Å². The fourth-order valence-corrected chi connectivity index (χ4v) is 4.89. The summed E-state index contributed by atoms with van der Waals surface area (Å²) >= 11 is 0. The highest BCUT2D eigenvalue weighted by Crippen LogP contribution is 2.60. The first-order valence-corrected chi connectivity index (χ1v) is 7.84. The van der Waals surface area contributed by atoms with Gasteiger partial charge in [0.2, 0.25) is 5.79 Å². The van der Waals surface area contributed by atoms with E-state index in [4.69, 9.17) is 19.2 Å². The second-order valence-corrected chi connectivity index (χ2v) is 7.30. The number of rotatable bonds is 0. The molecular weight excluding hydrogens is 260 g/mol. The van der Waals surface area contributed by atoms with Crippen LogP contribution in [-0.4, -0.2) is 29.1 Å². The second kappa shape index (κ2) is 4.17. The number of ether oxygens (including phenoxy) is 2. The van der Waals surface area contributed by atoms with Crippen LogP contribution in [0.1, 0.15) is 46.5 Å². The molecule has 0 radical (unpaired) electrons. The summed E-state index contributed by atoms with van der Waals surface area (Å²) in [6.07, 6.45) is 2.72. The van der Waals surface area contributed by atoms with Crippen LogP contribution in [0.4, 0.5) is 0 Å². The van der Waals surface area contributed by atoms with E-state index in [1.54, 1.807) is 0 Å². The van der Waals surface area contributed by atoms with Gasteiger partial charge < -0.3 is 14.6 Å². The van der Waals surface area contributed by atoms with Gasteiger partial charge in [0.15, 0.2) is 18.2 Å². The minimum absolute atomic E-state index is 0.0379. The Labute approximate surface area is 119 Å². The topological polar surface area (TPSA) is 57.2 Å². The number of hydrogen-bond acceptors (Lipinski definition) is 5. The van der Waals surface area contributed by atoms with Crippen LogP contribution in [0.25, 0.3) is 0 Å². The minimum Gasteiger partial charge on any atom is -0.368 e. The van der Waals surface area contributed by atoms with E-state index < -0.39 is 24.0 Å². The smallest absolute Gasteiger partial charge is 0.201 e. The zero-order chi connectivity index (χ0) is 14.1. The lowest BCUT2D eigenvalue weighted by atomic mass is 9.58. The van der Waals surface area contributed by atoms with Crippen molar-refractivity contribution in [2.45, 2.75) is 70.4 Å². The van der Waals surface area contributed by atoms with Gasteiger partial charge in [-0.25, -0.2) is 9.78 Å². The number of fused-ring (bicyclic) bond motifs is 2. The Morgan fingerprint density at radius 2 is 1.85 bits per heavy atom. The quantitative estimate of drug-likeness (QED) is 0.691. The molecule has 5 fully saturated rings. The van der Waals surface area contributed by atoms with Crippen molar-refractivity contribution >= 4 is 0 Å². The van der Waals surface area contributed by atoms with E-state index in [1.807, 2.05) is 13.8 Å². The van der Waals surface area contributed by atoms with Crippen LogP contribution in [0.2, 0.25) is 0 Å². The monoisotopic (exact) mass is 284 g/mol. The van der Waals surface area contributed by atoms with Gasteiger partial charge in [-0.2, -0.15) is 0 Å². The Morgan fingerprint density at radius 1 is 1.05 bits per heavy atom. The van der Waals surface area contributed by atoms with Gasteiger partial charge in [0.05, 0.1) is 0 Å². The average molecular weight is 284 g/mol. The summed E-state index contributed by atoms with van der Waals surface area (Å²) in [5.74, 6) is 0.437. The molecule has 0 aromatic rings. The zero-order valence-corrected chi connectivity index (χ0v) is 12.4. The summed E-state index contributed by atoms with van der Waals surface area (Å²) in [6.45, 7) is 6.22. The molecule has 8 atom stereocenters. The normalized spacial score (nSPS) is 61.8. The molecule has 5 nitrogen and oxygen atoms in total. The van der Waals surface area contributed by atoms with Gasteiger partial charge >= 0.3 is 0 Å². The molecule has 1 saturated carbocycles. The van der Waals surface area contributed by atoms with E-state index in [0.717, 1.165) is 19.3 Å². The molecule has 5 aliphatic rings. The van der Waals surface area contributed by atoms with Gasteiger partial charge in [-0.1, -0.05) is 13.8 Å². The maximum Gasteiger partial charge on any atom is 0.201 e. The van der Waals surface area contributed by atoms with Crippen LogP contribution in [0.15, 0.2) is 0 Å². The first kappa shape index (κ1) is 13.5. The Hall–Kier alpha value is -0.200. The molecule has 0 unspecified atom stereocenters. The largest absolute Gasteiger partial charge is 0.368 e. The van der Waals surface area contributed by atoms with Crippen LogP contribution in [0.3, 0.4) is 0 Å². The number of aliphatic hydroxyl groups excluding tert-OH is 1. The van der Waals surface area contributed by atoms with Gasteiger partial charge in [0.25, 0.3) is 0 Å². The van der Waals surface area contributed by atoms with Crippen LogP contribution in [0, 0.1) is 23.7 Å². The molecule has 4 saturated heterocycles. The summed E-state index contributed by atoms with van der Waals surface area (Å²) in [4.78, 5) is 11.6. The second-order valence-electron chi connectivity index (χ2n) is 7.30. The summed E-state index contributed by atoms with van der Waals surface area (Å²) in [5.41, 5.74) is -0.549. The Morgan fingerprint density at radius 3 is 2.65 bits per heavy atom. The number of hydrogen-bond donors (Lipinski definition) is 1. The fourth-order valence-electron chi connectivity index (χ4n) is 4.89. The molecule has 0 aromatic heterocycles. The van der Waals surface area contributed by atoms with Gasteiger partial charge in [-0.15, -0.1) is 0 Å². The number of aliphatic hydroxyl groups is 1. The van der Waals surface area contributed by atoms with Crippen molar-refractivity contribution in [2.24, 2.45) is 23.7 Å². The third kappa shape index (κ3) is 1.56. The molecule has 4 aliphatic heterocycles. The molecule has 4 heterocycles. The van der Waals surface area contributed by atoms with Gasteiger partial charge in [0.1, 0.15) is 0 Å². The first-order chi connectivity index (χ1) is 9.46.